The molecule has 0 aliphatic carbocycles. The fourth-order valence-electron chi connectivity index (χ4n) is 2.49. The molecule has 4 nitrogen and oxygen atoms in total. The molecule has 1 heterocycles. The van der Waals surface area contributed by atoms with Crippen LogP contribution in [0, 0.1) is 0 Å². The van der Waals surface area contributed by atoms with Crippen molar-refractivity contribution in [3.05, 3.63) is 0 Å². The predicted octanol–water partition coefficient (Wildman–Crippen LogP) is 2.56. The summed E-state index contributed by atoms with van der Waals surface area (Å²) < 4.78 is 0. The fraction of sp³-hybridized carbons (Fsp3) is 0.867. The van der Waals surface area contributed by atoms with Crippen LogP contribution in [-0.2, 0) is 9.59 Å². The molecular formula is C15H28N2O2S. The molecule has 1 aliphatic heterocycles. The van der Waals surface area contributed by atoms with Crippen LogP contribution in [0.2, 0.25) is 0 Å². The summed E-state index contributed by atoms with van der Waals surface area (Å²) in [4.78, 5) is 24.6. The summed E-state index contributed by atoms with van der Waals surface area (Å²) in [6.07, 6.45) is 7.92. The lowest BCUT2D eigenvalue weighted by molar-refractivity contribution is -0.138. The highest BCUT2D eigenvalue weighted by molar-refractivity contribution is 7.99. The van der Waals surface area contributed by atoms with Crippen molar-refractivity contribution in [2.75, 3.05) is 18.8 Å². The average Bonchev–Trinajstić information content (AvgIpc) is 2.76. The van der Waals surface area contributed by atoms with Crippen molar-refractivity contribution in [2.24, 2.45) is 5.73 Å². The number of amides is 2. The van der Waals surface area contributed by atoms with Gasteiger partial charge >= 0.3 is 0 Å². The Labute approximate surface area is 126 Å². The topological polar surface area (TPSA) is 63.4 Å². The smallest absolute Gasteiger partial charge is 0.229 e. The van der Waals surface area contributed by atoms with Crippen LogP contribution in [0.1, 0.15) is 58.3 Å². The van der Waals surface area contributed by atoms with E-state index in [9.17, 15) is 9.59 Å². The summed E-state index contributed by atoms with van der Waals surface area (Å²) in [5.41, 5.74) is 5.58. The van der Waals surface area contributed by atoms with E-state index in [-0.39, 0.29) is 11.8 Å². The quantitative estimate of drug-likeness (QED) is 0.470. The van der Waals surface area contributed by atoms with E-state index in [0.29, 0.717) is 31.2 Å². The van der Waals surface area contributed by atoms with Crippen LogP contribution in [0.4, 0.5) is 0 Å². The van der Waals surface area contributed by atoms with Gasteiger partial charge in [0.25, 0.3) is 0 Å². The number of nitrogens with zero attached hydrogens (tertiary/aromatic N) is 1. The first kappa shape index (κ1) is 17.5. The Bertz CT molecular complexity index is 294. The van der Waals surface area contributed by atoms with Crippen LogP contribution in [0.5, 0.6) is 0 Å². The number of carbonyl (C=O) groups excluding carboxylic acids is 2. The van der Waals surface area contributed by atoms with Crippen molar-refractivity contribution in [3.63, 3.8) is 0 Å². The van der Waals surface area contributed by atoms with Crippen LogP contribution in [-0.4, -0.2) is 40.8 Å². The van der Waals surface area contributed by atoms with Crippen molar-refractivity contribution < 1.29 is 9.59 Å². The lowest BCUT2D eigenvalue weighted by Gasteiger charge is -2.20. The highest BCUT2D eigenvalue weighted by atomic mass is 32.2. The minimum Gasteiger partial charge on any atom is -0.330 e. The molecule has 20 heavy (non-hydrogen) atoms. The Morgan fingerprint density at radius 2 is 1.85 bits per heavy atom. The predicted molar refractivity (Wildman–Crippen MR) is 84.6 cm³/mol. The van der Waals surface area contributed by atoms with Crippen LogP contribution in [0.15, 0.2) is 0 Å². The SMILES string of the molecule is CCCCCCC(CCN1C(=O)CCC1=O)SCCN. The molecule has 1 saturated heterocycles. The first-order valence-electron chi connectivity index (χ1n) is 7.84. The zero-order valence-corrected chi connectivity index (χ0v) is 13.4. The molecule has 0 aromatic heterocycles. The largest absolute Gasteiger partial charge is 0.330 e. The van der Waals surface area contributed by atoms with Gasteiger partial charge in [-0.25, -0.2) is 0 Å². The van der Waals surface area contributed by atoms with E-state index in [1.807, 2.05) is 11.8 Å². The summed E-state index contributed by atoms with van der Waals surface area (Å²) in [6.45, 7) is 3.50. The highest BCUT2D eigenvalue weighted by Crippen LogP contribution is 2.23. The maximum absolute atomic E-state index is 11.6. The number of hydrogen-bond acceptors (Lipinski definition) is 4. The van der Waals surface area contributed by atoms with E-state index in [0.717, 1.165) is 12.2 Å². The number of rotatable bonds is 11. The first-order chi connectivity index (χ1) is 9.69. The standard InChI is InChI=1S/C15H28N2O2S/c1-2-3-4-5-6-13(20-12-10-16)9-11-17-14(18)7-8-15(17)19/h13H,2-12,16H2,1H3. The van der Waals surface area contributed by atoms with Gasteiger partial charge in [0.1, 0.15) is 0 Å². The molecule has 0 bridgehead atoms. The molecule has 1 aliphatic rings. The van der Waals surface area contributed by atoms with Gasteiger partial charge in [-0.05, 0) is 12.8 Å². The molecule has 116 valence electrons. The second kappa shape index (κ2) is 10.2. The minimum atomic E-state index is 0.00329. The van der Waals surface area contributed by atoms with Gasteiger partial charge in [0.05, 0.1) is 0 Å². The van der Waals surface area contributed by atoms with Crippen LogP contribution in [0.25, 0.3) is 0 Å². The fourth-order valence-corrected chi connectivity index (χ4v) is 3.56. The first-order valence-corrected chi connectivity index (χ1v) is 8.88. The number of thioether (sulfide) groups is 1. The van der Waals surface area contributed by atoms with Gasteiger partial charge in [-0.1, -0.05) is 32.6 Å². The second-order valence-electron chi connectivity index (χ2n) is 5.36. The lowest BCUT2D eigenvalue weighted by Crippen LogP contribution is -2.31. The average molecular weight is 300 g/mol. The second-order valence-corrected chi connectivity index (χ2v) is 6.77. The third-order valence-corrected chi connectivity index (χ3v) is 5.09. The van der Waals surface area contributed by atoms with Gasteiger partial charge in [0.15, 0.2) is 0 Å². The molecule has 0 aromatic carbocycles. The van der Waals surface area contributed by atoms with Crippen LogP contribution in [0.3, 0.4) is 0 Å². The van der Waals surface area contributed by atoms with E-state index in [1.165, 1.54) is 37.0 Å². The third-order valence-electron chi connectivity index (χ3n) is 3.68. The number of carbonyl (C=O) groups is 2. The molecule has 0 saturated carbocycles. The normalized spacial score (nSPS) is 17.0. The summed E-state index contributed by atoms with van der Waals surface area (Å²) in [7, 11) is 0. The Kier molecular flexibility index (Phi) is 8.94. The molecule has 2 amide bonds. The molecule has 5 heteroatoms. The van der Waals surface area contributed by atoms with Crippen molar-refractivity contribution in [1.29, 1.82) is 0 Å². The summed E-state index contributed by atoms with van der Waals surface area (Å²) in [6, 6.07) is 0. The molecule has 1 atom stereocenters. The molecule has 1 unspecified atom stereocenters. The number of nitrogens with two attached hydrogens (primary N) is 1. The van der Waals surface area contributed by atoms with Crippen molar-refractivity contribution in [2.45, 2.75) is 63.5 Å². The van der Waals surface area contributed by atoms with E-state index in [4.69, 9.17) is 5.73 Å². The minimum absolute atomic E-state index is 0.00329. The van der Waals surface area contributed by atoms with Gasteiger partial charge < -0.3 is 5.73 Å². The molecule has 2 N–H and O–H groups in total. The maximum atomic E-state index is 11.6. The van der Waals surface area contributed by atoms with E-state index >= 15 is 0 Å². The molecule has 0 spiro atoms. The number of hydrogen-bond donors (Lipinski definition) is 1. The monoisotopic (exact) mass is 300 g/mol. The number of likely N-dealkylation sites (tertiary alicyclic amines) is 1. The van der Waals surface area contributed by atoms with Gasteiger partial charge in [0.2, 0.25) is 11.8 Å². The van der Waals surface area contributed by atoms with Gasteiger partial charge in [-0.15, -0.1) is 0 Å². The van der Waals surface area contributed by atoms with Crippen molar-refractivity contribution in [3.8, 4) is 0 Å². The summed E-state index contributed by atoms with van der Waals surface area (Å²) in [5, 5.41) is 0.525. The molecule has 0 radical (unpaired) electrons. The Hall–Kier alpha value is -0.550. The van der Waals surface area contributed by atoms with Gasteiger partial charge in [-0.2, -0.15) is 11.8 Å². The molecular weight excluding hydrogens is 272 g/mol. The van der Waals surface area contributed by atoms with Crippen molar-refractivity contribution in [1.82, 2.24) is 4.90 Å². The Balaban J connectivity index is 2.31. The Morgan fingerprint density at radius 3 is 2.45 bits per heavy atom. The highest BCUT2D eigenvalue weighted by Gasteiger charge is 2.28. The van der Waals surface area contributed by atoms with Crippen LogP contribution < -0.4 is 5.73 Å². The van der Waals surface area contributed by atoms with E-state index in [2.05, 4.69) is 6.92 Å². The van der Waals surface area contributed by atoms with Gasteiger partial charge in [0, 0.05) is 36.9 Å². The molecule has 1 fully saturated rings. The zero-order valence-electron chi connectivity index (χ0n) is 12.6. The lowest BCUT2D eigenvalue weighted by atomic mass is 10.1. The third kappa shape index (κ3) is 6.27. The van der Waals surface area contributed by atoms with E-state index < -0.39 is 0 Å². The van der Waals surface area contributed by atoms with E-state index in [1.54, 1.807) is 0 Å². The van der Waals surface area contributed by atoms with Crippen LogP contribution >= 0.6 is 11.8 Å². The maximum Gasteiger partial charge on any atom is 0.229 e. The number of imide groups is 1. The van der Waals surface area contributed by atoms with Gasteiger partial charge in [-0.3, -0.25) is 14.5 Å². The summed E-state index contributed by atoms with van der Waals surface area (Å²) >= 11 is 1.89. The summed E-state index contributed by atoms with van der Waals surface area (Å²) in [5.74, 6) is 0.965. The molecule has 1 rings (SSSR count). The zero-order chi connectivity index (χ0) is 14.8. The van der Waals surface area contributed by atoms with Crippen molar-refractivity contribution >= 4 is 23.6 Å². The molecule has 0 aromatic rings. The number of unbranched alkanes of at least 4 members (excludes halogenated alkanes) is 3. The Morgan fingerprint density at radius 1 is 1.15 bits per heavy atom.